The molecule has 1 amide bonds. The lowest BCUT2D eigenvalue weighted by Gasteiger charge is -2.32. The van der Waals surface area contributed by atoms with Crippen molar-refractivity contribution in [1.82, 2.24) is 9.62 Å². The van der Waals surface area contributed by atoms with Gasteiger partial charge < -0.3 is 10.2 Å². The number of rotatable bonds is 6. The van der Waals surface area contributed by atoms with Crippen LogP contribution in [0.5, 0.6) is 0 Å². The zero-order valence-corrected chi connectivity index (χ0v) is 18.9. The summed E-state index contributed by atoms with van der Waals surface area (Å²) in [6.45, 7) is 5.61. The van der Waals surface area contributed by atoms with Crippen molar-refractivity contribution in [3.63, 3.8) is 0 Å². The Morgan fingerprint density at radius 3 is 2.52 bits per heavy atom. The summed E-state index contributed by atoms with van der Waals surface area (Å²) in [5, 5.41) is 12.2. The molecule has 1 fully saturated rings. The molecule has 1 aliphatic rings. The molecular weight excluding hydrogens is 412 g/mol. The van der Waals surface area contributed by atoms with Crippen molar-refractivity contribution in [3.8, 4) is 6.07 Å². The summed E-state index contributed by atoms with van der Waals surface area (Å²) >= 11 is 0. The monoisotopic (exact) mass is 440 g/mol. The number of aryl methyl sites for hydroxylation is 1. The maximum Gasteiger partial charge on any atom is 0.255 e. The lowest BCUT2D eigenvalue weighted by Crippen LogP contribution is -2.43. The number of likely N-dealkylation sites (tertiary alicyclic amines) is 1. The molecule has 2 N–H and O–H groups in total. The molecule has 3 rings (SSSR count). The SMILES string of the molecule is Cc1ccccc1C(=O)Nc1ccc(S(=O)(=O)N[C@H](C)C2CCN(C)CC2)cc1C#N. The second-order valence-electron chi connectivity index (χ2n) is 8.14. The van der Waals surface area contributed by atoms with Crippen LogP contribution in [0.15, 0.2) is 47.4 Å². The standard InChI is InChI=1S/C23H28N4O3S/c1-16-6-4-5-7-21(16)23(28)25-22-9-8-20(14-19(22)15-24)31(29,30)26-17(2)18-10-12-27(3)13-11-18/h4-9,14,17-18,26H,10-13H2,1-3H3,(H,25,28)/t17-/m1/s1. The Bertz CT molecular complexity index is 1100. The van der Waals surface area contributed by atoms with E-state index in [1.54, 1.807) is 12.1 Å². The van der Waals surface area contributed by atoms with Crippen LogP contribution in [0.25, 0.3) is 0 Å². The Hall–Kier alpha value is -2.73. The first-order valence-electron chi connectivity index (χ1n) is 10.3. The molecule has 0 unspecified atom stereocenters. The number of amides is 1. The lowest BCUT2D eigenvalue weighted by atomic mass is 9.91. The van der Waals surface area contributed by atoms with Crippen LogP contribution in [0.3, 0.4) is 0 Å². The average Bonchev–Trinajstić information content (AvgIpc) is 2.74. The van der Waals surface area contributed by atoms with Gasteiger partial charge in [-0.3, -0.25) is 4.79 Å². The zero-order valence-electron chi connectivity index (χ0n) is 18.1. The number of hydrogen-bond acceptors (Lipinski definition) is 5. The molecule has 0 aliphatic carbocycles. The molecule has 164 valence electrons. The van der Waals surface area contributed by atoms with Crippen LogP contribution in [0.2, 0.25) is 0 Å². The fourth-order valence-electron chi connectivity index (χ4n) is 3.85. The first kappa shape index (κ1) is 22.9. The lowest BCUT2D eigenvalue weighted by molar-refractivity contribution is 0.102. The van der Waals surface area contributed by atoms with Crippen LogP contribution in [0, 0.1) is 24.2 Å². The van der Waals surface area contributed by atoms with Gasteiger partial charge in [0, 0.05) is 11.6 Å². The van der Waals surface area contributed by atoms with Gasteiger partial charge in [0.2, 0.25) is 10.0 Å². The van der Waals surface area contributed by atoms with Crippen LogP contribution >= 0.6 is 0 Å². The predicted molar refractivity (Wildman–Crippen MR) is 120 cm³/mol. The highest BCUT2D eigenvalue weighted by Gasteiger charge is 2.27. The third kappa shape index (κ3) is 5.50. The van der Waals surface area contributed by atoms with Gasteiger partial charge in [-0.05, 0) is 82.6 Å². The van der Waals surface area contributed by atoms with Crippen LogP contribution in [0.1, 0.15) is 41.3 Å². The summed E-state index contributed by atoms with van der Waals surface area (Å²) in [7, 11) is -1.72. The Balaban J connectivity index is 1.76. The average molecular weight is 441 g/mol. The van der Waals surface area contributed by atoms with Crippen molar-refractivity contribution >= 4 is 21.6 Å². The van der Waals surface area contributed by atoms with Crippen molar-refractivity contribution in [2.75, 3.05) is 25.5 Å². The molecule has 1 heterocycles. The summed E-state index contributed by atoms with van der Waals surface area (Å²) in [6.07, 6.45) is 1.88. The minimum absolute atomic E-state index is 0.0118. The summed E-state index contributed by atoms with van der Waals surface area (Å²) in [6, 6.07) is 13.1. The second-order valence-corrected chi connectivity index (χ2v) is 9.85. The van der Waals surface area contributed by atoms with Gasteiger partial charge in [0.05, 0.1) is 16.1 Å². The Morgan fingerprint density at radius 2 is 1.87 bits per heavy atom. The maximum atomic E-state index is 12.9. The Labute approximate surface area is 184 Å². The van der Waals surface area contributed by atoms with E-state index in [-0.39, 0.29) is 34.0 Å². The van der Waals surface area contributed by atoms with Crippen LogP contribution in [-0.4, -0.2) is 45.4 Å². The van der Waals surface area contributed by atoms with Crippen LogP contribution in [0.4, 0.5) is 5.69 Å². The highest BCUT2D eigenvalue weighted by molar-refractivity contribution is 7.89. The molecule has 7 nitrogen and oxygen atoms in total. The van der Waals surface area contributed by atoms with Gasteiger partial charge in [-0.15, -0.1) is 0 Å². The second kappa shape index (κ2) is 9.60. The van der Waals surface area contributed by atoms with Gasteiger partial charge in [-0.25, -0.2) is 13.1 Å². The number of nitriles is 1. The number of sulfonamides is 1. The Kier molecular flexibility index (Phi) is 7.11. The molecule has 1 aliphatic heterocycles. The number of carbonyl (C=O) groups is 1. The third-order valence-electron chi connectivity index (χ3n) is 5.87. The quantitative estimate of drug-likeness (QED) is 0.718. The molecule has 2 aromatic rings. The van der Waals surface area contributed by atoms with E-state index >= 15 is 0 Å². The highest BCUT2D eigenvalue weighted by Crippen LogP contribution is 2.24. The van der Waals surface area contributed by atoms with E-state index < -0.39 is 10.0 Å². The van der Waals surface area contributed by atoms with Crippen LogP contribution in [-0.2, 0) is 10.0 Å². The molecular formula is C23H28N4O3S. The van der Waals surface area contributed by atoms with Gasteiger partial charge in [0.15, 0.2) is 0 Å². The minimum Gasteiger partial charge on any atom is -0.321 e. The van der Waals surface area contributed by atoms with Crippen LogP contribution < -0.4 is 10.0 Å². The van der Waals surface area contributed by atoms with Gasteiger partial charge in [0.1, 0.15) is 6.07 Å². The molecule has 0 saturated carbocycles. The van der Waals surface area contributed by atoms with E-state index in [9.17, 15) is 18.5 Å². The Morgan fingerprint density at radius 1 is 1.19 bits per heavy atom. The van der Waals surface area contributed by atoms with E-state index in [1.165, 1.54) is 18.2 Å². The number of nitrogens with one attached hydrogen (secondary N) is 2. The van der Waals surface area contributed by atoms with Crippen molar-refractivity contribution in [3.05, 3.63) is 59.2 Å². The number of hydrogen-bond donors (Lipinski definition) is 2. The molecule has 1 saturated heterocycles. The van der Waals surface area contributed by atoms with Gasteiger partial charge in [-0.1, -0.05) is 18.2 Å². The maximum absolute atomic E-state index is 12.9. The van der Waals surface area contributed by atoms with E-state index in [0.29, 0.717) is 5.56 Å². The van der Waals surface area contributed by atoms with Crippen molar-refractivity contribution in [1.29, 1.82) is 5.26 Å². The third-order valence-corrected chi connectivity index (χ3v) is 7.43. The van der Waals surface area contributed by atoms with Gasteiger partial charge in [0.25, 0.3) is 5.91 Å². The molecule has 0 spiro atoms. The number of anilines is 1. The number of piperidine rings is 1. The van der Waals surface area contributed by atoms with E-state index in [1.807, 2.05) is 32.0 Å². The first-order valence-corrected chi connectivity index (χ1v) is 11.8. The number of benzene rings is 2. The fraction of sp³-hybridized carbons (Fsp3) is 0.391. The van der Waals surface area contributed by atoms with Crippen molar-refractivity contribution in [2.24, 2.45) is 5.92 Å². The zero-order chi connectivity index (χ0) is 22.6. The summed E-state index contributed by atoms with van der Waals surface area (Å²) in [5.41, 5.74) is 1.68. The molecule has 2 aromatic carbocycles. The van der Waals surface area contributed by atoms with E-state index in [2.05, 4.69) is 22.0 Å². The molecule has 8 heteroatoms. The molecule has 31 heavy (non-hydrogen) atoms. The number of carbonyl (C=O) groups excluding carboxylic acids is 1. The number of nitrogens with zero attached hydrogens (tertiary/aromatic N) is 2. The van der Waals surface area contributed by atoms with Crippen molar-refractivity contribution in [2.45, 2.75) is 37.6 Å². The summed E-state index contributed by atoms with van der Waals surface area (Å²) in [4.78, 5) is 14.8. The highest BCUT2D eigenvalue weighted by atomic mass is 32.2. The molecule has 0 bridgehead atoms. The normalized spacial score (nSPS) is 16.5. The van der Waals surface area contributed by atoms with Crippen molar-refractivity contribution < 1.29 is 13.2 Å². The minimum atomic E-state index is -3.79. The fourth-order valence-corrected chi connectivity index (χ4v) is 5.19. The molecule has 0 aromatic heterocycles. The first-order chi connectivity index (χ1) is 14.7. The molecule has 1 atom stereocenters. The summed E-state index contributed by atoms with van der Waals surface area (Å²) < 4.78 is 28.6. The summed E-state index contributed by atoms with van der Waals surface area (Å²) in [5.74, 6) is -0.0756. The van der Waals surface area contributed by atoms with Gasteiger partial charge in [-0.2, -0.15) is 5.26 Å². The van der Waals surface area contributed by atoms with E-state index in [0.717, 1.165) is 31.5 Å². The predicted octanol–water partition coefficient (Wildman–Crippen LogP) is 3.13. The van der Waals surface area contributed by atoms with Gasteiger partial charge >= 0.3 is 0 Å². The largest absolute Gasteiger partial charge is 0.321 e. The molecule has 0 radical (unpaired) electrons. The van der Waals surface area contributed by atoms with E-state index in [4.69, 9.17) is 0 Å². The topological polar surface area (TPSA) is 102 Å². The smallest absolute Gasteiger partial charge is 0.255 e.